The maximum absolute atomic E-state index is 12.5. The molecule has 1 aromatic carbocycles. The summed E-state index contributed by atoms with van der Waals surface area (Å²) in [7, 11) is 0. The summed E-state index contributed by atoms with van der Waals surface area (Å²) < 4.78 is 0.915. The Morgan fingerprint density at radius 2 is 1.93 bits per heavy atom. The zero-order chi connectivity index (χ0) is 20.1. The summed E-state index contributed by atoms with van der Waals surface area (Å²) in [6.45, 7) is 0. The minimum absolute atomic E-state index is 0.0597. The molecule has 1 aromatic rings. The molecule has 1 saturated carbocycles. The third-order valence-corrected chi connectivity index (χ3v) is 6.77. The fourth-order valence-corrected chi connectivity index (χ4v) is 5.09. The normalized spacial score (nSPS) is 20.8. The van der Waals surface area contributed by atoms with Gasteiger partial charge in [-0.25, -0.2) is 0 Å². The fraction of sp³-hybridized carbons (Fsp3) is 0.400. The monoisotopic (exact) mass is 458 g/mol. The van der Waals surface area contributed by atoms with Gasteiger partial charge in [0, 0.05) is 15.6 Å². The molecule has 144 valence electrons. The number of rotatable bonds is 4. The molecule has 0 radical (unpaired) electrons. The molecule has 2 N–H and O–H groups in total. The number of carbonyl (C=O) groups excluding carboxylic acids is 2. The second-order valence-electron chi connectivity index (χ2n) is 6.93. The number of thioether (sulfide) groups is 1. The zero-order valence-electron chi connectivity index (χ0n) is 15.1. The van der Waals surface area contributed by atoms with Gasteiger partial charge in [0.1, 0.15) is 5.92 Å². The average molecular weight is 459 g/mol. The number of nitrogens with zero attached hydrogens (tertiary/aromatic N) is 2. The van der Waals surface area contributed by atoms with Gasteiger partial charge < -0.3 is 10.6 Å². The van der Waals surface area contributed by atoms with Crippen LogP contribution in [0.4, 0.5) is 5.69 Å². The largest absolute Gasteiger partial charge is 0.325 e. The predicted molar refractivity (Wildman–Crippen MR) is 111 cm³/mol. The van der Waals surface area contributed by atoms with Gasteiger partial charge >= 0.3 is 0 Å². The molecule has 8 heteroatoms. The van der Waals surface area contributed by atoms with Gasteiger partial charge in [-0.1, -0.05) is 47.0 Å². The van der Waals surface area contributed by atoms with Crippen molar-refractivity contribution in [3.05, 3.63) is 39.3 Å². The van der Waals surface area contributed by atoms with E-state index in [0.29, 0.717) is 29.1 Å². The lowest BCUT2D eigenvalue weighted by atomic mass is 9.61. The van der Waals surface area contributed by atoms with Gasteiger partial charge in [-0.2, -0.15) is 10.5 Å². The van der Waals surface area contributed by atoms with Crippen LogP contribution in [0, 0.1) is 34.0 Å². The minimum atomic E-state index is -0.858. The highest BCUT2D eigenvalue weighted by molar-refractivity contribution is 9.10. The number of hydrogen-bond donors (Lipinski definition) is 2. The van der Waals surface area contributed by atoms with Crippen LogP contribution >= 0.6 is 27.7 Å². The number of nitrogens with one attached hydrogen (secondary N) is 2. The van der Waals surface area contributed by atoms with Crippen molar-refractivity contribution in [3.63, 3.8) is 0 Å². The third-order valence-electron chi connectivity index (χ3n) is 5.24. The molecule has 1 atom stereocenters. The van der Waals surface area contributed by atoms with Crippen LogP contribution in [0.3, 0.4) is 0 Å². The number of anilines is 1. The van der Waals surface area contributed by atoms with E-state index in [4.69, 9.17) is 0 Å². The second-order valence-corrected chi connectivity index (χ2v) is 8.83. The summed E-state index contributed by atoms with van der Waals surface area (Å²) in [5.74, 6) is -1.40. The number of allylic oxidation sites excluding steroid dienone is 1. The number of amides is 2. The molecule has 0 aromatic heterocycles. The van der Waals surface area contributed by atoms with Gasteiger partial charge in [0.25, 0.3) is 0 Å². The zero-order valence-corrected chi connectivity index (χ0v) is 17.5. The number of nitriles is 2. The molecule has 28 heavy (non-hydrogen) atoms. The van der Waals surface area contributed by atoms with E-state index < -0.39 is 11.3 Å². The number of halogens is 1. The topological polar surface area (TPSA) is 106 Å². The summed E-state index contributed by atoms with van der Waals surface area (Å²) in [6, 6.07) is 11.6. The van der Waals surface area contributed by atoms with Gasteiger partial charge in [-0.05, 0) is 37.1 Å². The lowest BCUT2D eigenvalue weighted by Crippen LogP contribution is -2.48. The lowest BCUT2D eigenvalue weighted by Gasteiger charge is -2.43. The molecule has 1 spiro atoms. The molecule has 2 aliphatic rings. The summed E-state index contributed by atoms with van der Waals surface area (Å²) >= 11 is 4.48. The van der Waals surface area contributed by atoms with Crippen LogP contribution in [-0.4, -0.2) is 17.6 Å². The standard InChI is InChI=1S/C20H19BrN4O2S/c21-13-4-6-14(7-5-13)24-17(26)12-28-19-16(11-23)20(8-2-1-3-9-20)15(10-22)18(27)25-19/h4-7,15H,1-3,8-9,12H2,(H,24,26)(H,25,27). The van der Waals surface area contributed by atoms with E-state index in [1.54, 1.807) is 12.1 Å². The van der Waals surface area contributed by atoms with Gasteiger partial charge in [0.15, 0.2) is 0 Å². The Balaban J connectivity index is 1.78. The maximum atomic E-state index is 12.5. The van der Waals surface area contributed by atoms with Crippen molar-refractivity contribution < 1.29 is 9.59 Å². The average Bonchev–Trinajstić information content (AvgIpc) is 2.69. The van der Waals surface area contributed by atoms with Crippen molar-refractivity contribution in [3.8, 4) is 12.1 Å². The van der Waals surface area contributed by atoms with Crippen molar-refractivity contribution in [1.29, 1.82) is 10.5 Å². The smallest absolute Gasteiger partial charge is 0.243 e. The quantitative estimate of drug-likeness (QED) is 0.706. The first kappa shape index (κ1) is 20.4. The van der Waals surface area contributed by atoms with Crippen molar-refractivity contribution in [1.82, 2.24) is 5.32 Å². The van der Waals surface area contributed by atoms with E-state index >= 15 is 0 Å². The SMILES string of the molecule is N#CC1=C(SCC(=O)Nc2ccc(Br)cc2)NC(=O)C(C#N)C12CCCCC2. The number of benzene rings is 1. The Bertz CT molecular complexity index is 892. The van der Waals surface area contributed by atoms with Crippen molar-refractivity contribution >= 4 is 45.2 Å². The van der Waals surface area contributed by atoms with E-state index in [2.05, 4.69) is 38.7 Å². The first-order chi connectivity index (χ1) is 13.5. The van der Waals surface area contributed by atoms with E-state index in [9.17, 15) is 20.1 Å². The first-order valence-corrected chi connectivity index (χ1v) is 10.8. The molecular formula is C20H19BrN4O2S. The lowest BCUT2D eigenvalue weighted by molar-refractivity contribution is -0.126. The molecular weight excluding hydrogens is 440 g/mol. The van der Waals surface area contributed by atoms with Crippen molar-refractivity contribution in [2.75, 3.05) is 11.1 Å². The maximum Gasteiger partial charge on any atom is 0.243 e. The van der Waals surface area contributed by atoms with Crippen LogP contribution in [0.1, 0.15) is 32.1 Å². The Hall–Kier alpha value is -2.29. The Morgan fingerprint density at radius 1 is 1.25 bits per heavy atom. The Labute approximate surface area is 176 Å². The summed E-state index contributed by atoms with van der Waals surface area (Å²) in [4.78, 5) is 24.8. The van der Waals surface area contributed by atoms with Crippen LogP contribution in [-0.2, 0) is 9.59 Å². The molecule has 1 unspecified atom stereocenters. The molecule has 6 nitrogen and oxygen atoms in total. The fourth-order valence-electron chi connectivity index (χ4n) is 3.91. The summed E-state index contributed by atoms with van der Waals surface area (Å²) in [5.41, 5.74) is 0.387. The van der Waals surface area contributed by atoms with E-state index in [1.807, 2.05) is 12.1 Å². The Morgan fingerprint density at radius 3 is 2.54 bits per heavy atom. The highest BCUT2D eigenvalue weighted by Gasteiger charge is 2.51. The van der Waals surface area contributed by atoms with Gasteiger partial charge in [0.05, 0.1) is 28.5 Å². The van der Waals surface area contributed by atoms with Crippen LogP contribution < -0.4 is 10.6 Å². The van der Waals surface area contributed by atoms with Crippen LogP contribution in [0.5, 0.6) is 0 Å². The molecule has 1 aliphatic carbocycles. The summed E-state index contributed by atoms with van der Waals surface area (Å²) in [6.07, 6.45) is 4.11. The second kappa shape index (κ2) is 8.81. The van der Waals surface area contributed by atoms with Crippen LogP contribution in [0.15, 0.2) is 39.3 Å². The first-order valence-electron chi connectivity index (χ1n) is 9.04. The molecule has 1 fully saturated rings. The number of hydrogen-bond acceptors (Lipinski definition) is 5. The third kappa shape index (κ3) is 4.09. The molecule has 0 bridgehead atoms. The van der Waals surface area contributed by atoms with Crippen molar-refractivity contribution in [2.24, 2.45) is 11.3 Å². The molecule has 2 amide bonds. The molecule has 1 heterocycles. The van der Waals surface area contributed by atoms with Gasteiger partial charge in [-0.3, -0.25) is 9.59 Å². The summed E-state index contributed by atoms with van der Waals surface area (Å²) in [5, 5.41) is 25.3. The molecule has 3 rings (SSSR count). The van der Waals surface area contributed by atoms with Gasteiger partial charge in [0.2, 0.25) is 11.8 Å². The van der Waals surface area contributed by atoms with Crippen LogP contribution in [0.2, 0.25) is 0 Å². The van der Waals surface area contributed by atoms with E-state index in [-0.39, 0.29) is 17.6 Å². The van der Waals surface area contributed by atoms with E-state index in [1.165, 1.54) is 0 Å². The minimum Gasteiger partial charge on any atom is -0.325 e. The predicted octanol–water partition coefficient (Wildman–Crippen LogP) is 4.08. The van der Waals surface area contributed by atoms with Crippen LogP contribution in [0.25, 0.3) is 0 Å². The highest BCUT2D eigenvalue weighted by Crippen LogP contribution is 2.51. The molecule has 0 saturated heterocycles. The Kier molecular flexibility index (Phi) is 6.43. The molecule has 1 aliphatic heterocycles. The van der Waals surface area contributed by atoms with E-state index in [0.717, 1.165) is 35.5 Å². The van der Waals surface area contributed by atoms with Crippen molar-refractivity contribution in [2.45, 2.75) is 32.1 Å². The highest BCUT2D eigenvalue weighted by atomic mass is 79.9. The number of carbonyl (C=O) groups is 2. The van der Waals surface area contributed by atoms with Gasteiger partial charge in [-0.15, -0.1) is 0 Å².